The molecule has 18 heavy (non-hydrogen) atoms. The summed E-state index contributed by atoms with van der Waals surface area (Å²) in [6.45, 7) is -1.50. The average molecular weight is 257 g/mol. The normalized spacial score (nSPS) is 11.7. The van der Waals surface area contributed by atoms with Crippen molar-refractivity contribution in [2.45, 2.75) is 12.7 Å². The maximum Gasteiger partial charge on any atom is 0.405 e. The number of aromatic nitrogens is 2. The van der Waals surface area contributed by atoms with Crippen molar-refractivity contribution in [1.82, 2.24) is 14.9 Å². The average Bonchev–Trinajstić information content (AvgIpc) is 2.70. The SMILES string of the molecule is O=C(Cn1cnc2ccccc21)NCC(F)(F)F. The lowest BCUT2D eigenvalue weighted by molar-refractivity contribution is -0.138. The van der Waals surface area contributed by atoms with Gasteiger partial charge in [-0.3, -0.25) is 4.79 Å². The van der Waals surface area contributed by atoms with Crippen molar-refractivity contribution in [3.05, 3.63) is 30.6 Å². The summed E-state index contributed by atoms with van der Waals surface area (Å²) in [5, 5.41) is 1.81. The van der Waals surface area contributed by atoms with E-state index < -0.39 is 18.6 Å². The standard InChI is InChI=1S/C11H10F3N3O/c12-11(13,14)6-15-10(18)5-17-7-16-8-3-1-2-4-9(8)17/h1-4,7H,5-6H2,(H,15,18). The third-order valence-electron chi connectivity index (χ3n) is 2.33. The summed E-state index contributed by atoms with van der Waals surface area (Å²) in [5.74, 6) is -0.699. The van der Waals surface area contributed by atoms with Crippen LogP contribution in [0.25, 0.3) is 11.0 Å². The van der Waals surface area contributed by atoms with Gasteiger partial charge in [0.25, 0.3) is 0 Å². The molecule has 0 saturated carbocycles. The molecular formula is C11H10F3N3O. The van der Waals surface area contributed by atoms with E-state index in [1.807, 2.05) is 5.32 Å². The van der Waals surface area contributed by atoms with Crippen molar-refractivity contribution in [3.8, 4) is 0 Å². The highest BCUT2D eigenvalue weighted by atomic mass is 19.4. The molecule has 2 rings (SSSR count). The predicted octanol–water partition coefficient (Wildman–Crippen LogP) is 1.71. The van der Waals surface area contributed by atoms with Gasteiger partial charge in [0, 0.05) is 0 Å². The first kappa shape index (κ1) is 12.4. The zero-order chi connectivity index (χ0) is 13.2. The molecule has 4 nitrogen and oxygen atoms in total. The molecule has 0 aliphatic heterocycles. The van der Waals surface area contributed by atoms with E-state index in [0.717, 1.165) is 0 Å². The third kappa shape index (κ3) is 2.99. The molecule has 1 amide bonds. The Bertz CT molecular complexity index is 562. The number of benzene rings is 1. The van der Waals surface area contributed by atoms with Crippen LogP contribution in [0.3, 0.4) is 0 Å². The lowest BCUT2D eigenvalue weighted by atomic mass is 10.3. The minimum atomic E-state index is -4.40. The fourth-order valence-corrected chi connectivity index (χ4v) is 1.55. The zero-order valence-electron chi connectivity index (χ0n) is 9.24. The minimum Gasteiger partial charge on any atom is -0.345 e. The van der Waals surface area contributed by atoms with E-state index in [-0.39, 0.29) is 6.54 Å². The fraction of sp³-hybridized carbons (Fsp3) is 0.273. The molecule has 0 unspecified atom stereocenters. The van der Waals surface area contributed by atoms with Gasteiger partial charge in [-0.05, 0) is 12.1 Å². The maximum atomic E-state index is 11.9. The smallest absolute Gasteiger partial charge is 0.345 e. The van der Waals surface area contributed by atoms with Crippen molar-refractivity contribution in [2.24, 2.45) is 0 Å². The van der Waals surface area contributed by atoms with E-state index in [4.69, 9.17) is 0 Å². The van der Waals surface area contributed by atoms with Crippen LogP contribution in [0.1, 0.15) is 0 Å². The first-order valence-electron chi connectivity index (χ1n) is 5.19. The number of hydrogen-bond acceptors (Lipinski definition) is 2. The highest BCUT2D eigenvalue weighted by molar-refractivity contribution is 5.80. The molecule has 1 N–H and O–H groups in total. The summed E-state index contributed by atoms with van der Waals surface area (Å²) >= 11 is 0. The molecule has 1 aromatic heterocycles. The van der Waals surface area contributed by atoms with Gasteiger partial charge < -0.3 is 9.88 Å². The van der Waals surface area contributed by atoms with Crippen molar-refractivity contribution < 1.29 is 18.0 Å². The van der Waals surface area contributed by atoms with Crippen LogP contribution in [-0.4, -0.2) is 28.2 Å². The van der Waals surface area contributed by atoms with E-state index in [1.165, 1.54) is 10.9 Å². The Morgan fingerprint density at radius 1 is 1.33 bits per heavy atom. The summed E-state index contributed by atoms with van der Waals surface area (Å²) in [7, 11) is 0. The van der Waals surface area contributed by atoms with E-state index in [1.54, 1.807) is 24.3 Å². The van der Waals surface area contributed by atoms with Crippen LogP contribution in [0, 0.1) is 0 Å². The Morgan fingerprint density at radius 3 is 2.78 bits per heavy atom. The molecule has 96 valence electrons. The number of hydrogen-bond donors (Lipinski definition) is 1. The van der Waals surface area contributed by atoms with Crippen molar-refractivity contribution in [1.29, 1.82) is 0 Å². The number of para-hydroxylation sites is 2. The number of fused-ring (bicyclic) bond motifs is 1. The van der Waals surface area contributed by atoms with E-state index in [2.05, 4.69) is 4.98 Å². The molecule has 0 saturated heterocycles. The van der Waals surface area contributed by atoms with Crippen molar-refractivity contribution in [2.75, 3.05) is 6.54 Å². The van der Waals surface area contributed by atoms with Crippen molar-refractivity contribution >= 4 is 16.9 Å². The molecule has 0 radical (unpaired) electrons. The number of rotatable bonds is 3. The van der Waals surface area contributed by atoms with Gasteiger partial charge in [0.2, 0.25) is 5.91 Å². The number of alkyl halides is 3. The molecule has 0 aliphatic rings. The Kier molecular flexibility index (Phi) is 3.22. The molecule has 0 atom stereocenters. The number of carbonyl (C=O) groups excluding carboxylic acids is 1. The van der Waals surface area contributed by atoms with Crippen LogP contribution in [0.5, 0.6) is 0 Å². The number of imidazole rings is 1. The van der Waals surface area contributed by atoms with Crippen LogP contribution in [0.15, 0.2) is 30.6 Å². The second-order valence-electron chi connectivity index (χ2n) is 3.75. The Morgan fingerprint density at radius 2 is 2.06 bits per heavy atom. The highest BCUT2D eigenvalue weighted by Gasteiger charge is 2.27. The number of amides is 1. The molecule has 1 heterocycles. The van der Waals surface area contributed by atoms with Crippen LogP contribution in [-0.2, 0) is 11.3 Å². The van der Waals surface area contributed by atoms with Gasteiger partial charge in [-0.25, -0.2) is 4.98 Å². The molecule has 0 aliphatic carbocycles. The van der Waals surface area contributed by atoms with Gasteiger partial charge in [-0.2, -0.15) is 13.2 Å². The van der Waals surface area contributed by atoms with Gasteiger partial charge in [0.1, 0.15) is 13.1 Å². The molecule has 2 aromatic rings. The minimum absolute atomic E-state index is 0.184. The molecule has 7 heteroatoms. The number of nitrogens with zero attached hydrogens (tertiary/aromatic N) is 2. The number of nitrogens with one attached hydrogen (secondary N) is 1. The maximum absolute atomic E-state index is 11.9. The van der Waals surface area contributed by atoms with Gasteiger partial charge >= 0.3 is 6.18 Å². The van der Waals surface area contributed by atoms with Crippen LogP contribution in [0.2, 0.25) is 0 Å². The van der Waals surface area contributed by atoms with E-state index in [9.17, 15) is 18.0 Å². The summed E-state index contributed by atoms with van der Waals surface area (Å²) in [5.41, 5.74) is 1.40. The van der Waals surface area contributed by atoms with Gasteiger partial charge in [0.05, 0.1) is 17.4 Å². The van der Waals surface area contributed by atoms with Crippen molar-refractivity contribution in [3.63, 3.8) is 0 Å². The lowest BCUT2D eigenvalue weighted by Crippen LogP contribution is -2.35. The second-order valence-corrected chi connectivity index (χ2v) is 3.75. The summed E-state index contributed by atoms with van der Waals surface area (Å²) in [6.07, 6.45) is -2.97. The van der Waals surface area contributed by atoms with Gasteiger partial charge in [-0.15, -0.1) is 0 Å². The first-order chi connectivity index (χ1) is 8.46. The second kappa shape index (κ2) is 4.67. The molecular weight excluding hydrogens is 247 g/mol. The van der Waals surface area contributed by atoms with Crippen LogP contribution < -0.4 is 5.32 Å². The summed E-state index contributed by atoms with van der Waals surface area (Å²) in [6, 6.07) is 7.08. The highest BCUT2D eigenvalue weighted by Crippen LogP contribution is 2.13. The summed E-state index contributed by atoms with van der Waals surface area (Å²) < 4.78 is 37.2. The molecule has 1 aromatic carbocycles. The topological polar surface area (TPSA) is 46.9 Å². The fourth-order valence-electron chi connectivity index (χ4n) is 1.55. The van der Waals surface area contributed by atoms with Crippen LogP contribution >= 0.6 is 0 Å². The molecule has 0 bridgehead atoms. The molecule has 0 fully saturated rings. The van der Waals surface area contributed by atoms with Gasteiger partial charge in [-0.1, -0.05) is 12.1 Å². The quantitative estimate of drug-likeness (QED) is 0.910. The number of carbonyl (C=O) groups is 1. The first-order valence-corrected chi connectivity index (χ1v) is 5.19. The zero-order valence-corrected chi connectivity index (χ0v) is 9.24. The monoisotopic (exact) mass is 257 g/mol. The van der Waals surface area contributed by atoms with Gasteiger partial charge in [0.15, 0.2) is 0 Å². The largest absolute Gasteiger partial charge is 0.405 e. The Balaban J connectivity index is 2.03. The van der Waals surface area contributed by atoms with E-state index >= 15 is 0 Å². The van der Waals surface area contributed by atoms with E-state index in [0.29, 0.717) is 11.0 Å². The molecule has 0 spiro atoms. The number of halogens is 3. The summed E-state index contributed by atoms with van der Waals surface area (Å²) in [4.78, 5) is 15.4. The Labute approximate surface area is 100 Å². The third-order valence-corrected chi connectivity index (χ3v) is 2.33. The van der Waals surface area contributed by atoms with Crippen LogP contribution in [0.4, 0.5) is 13.2 Å². The Hall–Kier alpha value is -2.05. The lowest BCUT2D eigenvalue weighted by Gasteiger charge is -2.09. The predicted molar refractivity (Wildman–Crippen MR) is 58.8 cm³/mol.